The van der Waals surface area contributed by atoms with Crippen LogP contribution in [0.4, 0.5) is 0 Å². The van der Waals surface area contributed by atoms with Crippen molar-refractivity contribution in [2.45, 2.75) is 58.9 Å². The smallest absolute Gasteiger partial charge is 0.311 e. The van der Waals surface area contributed by atoms with Gasteiger partial charge in [-0.3, -0.25) is 14.4 Å². The summed E-state index contributed by atoms with van der Waals surface area (Å²) in [6.45, 7) is 6.68. The molecule has 0 aromatic rings. The van der Waals surface area contributed by atoms with Gasteiger partial charge >= 0.3 is 5.97 Å². The lowest BCUT2D eigenvalue weighted by Crippen LogP contribution is -2.43. The second-order valence-electron chi connectivity index (χ2n) is 5.72. The number of hydrogen-bond acceptors (Lipinski definition) is 4. The molecule has 1 aliphatic rings. The third-order valence-corrected chi connectivity index (χ3v) is 4.11. The third-order valence-electron chi connectivity index (χ3n) is 4.11. The Labute approximate surface area is 132 Å². The van der Waals surface area contributed by atoms with Gasteiger partial charge in [-0.2, -0.15) is 0 Å². The highest BCUT2D eigenvalue weighted by atomic mass is 16.5. The van der Waals surface area contributed by atoms with Gasteiger partial charge in [0.1, 0.15) is 0 Å². The maximum Gasteiger partial charge on any atom is 0.311 e. The Morgan fingerprint density at radius 3 is 2.50 bits per heavy atom. The molecule has 1 saturated heterocycles. The molecule has 0 saturated carbocycles. The van der Waals surface area contributed by atoms with Crippen LogP contribution in [-0.4, -0.2) is 48.4 Å². The van der Waals surface area contributed by atoms with Gasteiger partial charge in [0.2, 0.25) is 5.91 Å². The molecule has 1 aliphatic heterocycles. The first kappa shape index (κ1) is 18.5. The maximum atomic E-state index is 12.0. The molecule has 1 heterocycles. The molecule has 1 atom stereocenters. The van der Waals surface area contributed by atoms with E-state index >= 15 is 0 Å². The summed E-state index contributed by atoms with van der Waals surface area (Å²) in [7, 11) is 0. The molecule has 0 aromatic carbocycles. The van der Waals surface area contributed by atoms with Crippen LogP contribution in [0.2, 0.25) is 0 Å². The first-order valence-corrected chi connectivity index (χ1v) is 8.25. The molecule has 0 radical (unpaired) electrons. The van der Waals surface area contributed by atoms with Crippen LogP contribution >= 0.6 is 0 Å². The van der Waals surface area contributed by atoms with Gasteiger partial charge in [0.25, 0.3) is 5.91 Å². The van der Waals surface area contributed by atoms with E-state index in [-0.39, 0.29) is 36.4 Å². The SMILES string of the molecule is CCC(=O)N1CCC[C@H](C(=O)OCC(=O)NC(CC)CC)C1. The lowest BCUT2D eigenvalue weighted by atomic mass is 9.98. The van der Waals surface area contributed by atoms with Crippen molar-refractivity contribution in [2.75, 3.05) is 19.7 Å². The van der Waals surface area contributed by atoms with Crippen molar-refractivity contribution in [1.82, 2.24) is 10.2 Å². The lowest BCUT2D eigenvalue weighted by Gasteiger charge is -2.31. The van der Waals surface area contributed by atoms with E-state index in [0.29, 0.717) is 25.9 Å². The average molecular weight is 312 g/mol. The summed E-state index contributed by atoms with van der Waals surface area (Å²) >= 11 is 0. The number of nitrogens with one attached hydrogen (secondary N) is 1. The number of rotatable bonds is 7. The number of piperidine rings is 1. The zero-order valence-corrected chi connectivity index (χ0v) is 13.9. The quantitative estimate of drug-likeness (QED) is 0.723. The molecule has 6 nitrogen and oxygen atoms in total. The third kappa shape index (κ3) is 5.66. The second kappa shape index (κ2) is 9.43. The van der Waals surface area contributed by atoms with Gasteiger partial charge < -0.3 is 15.0 Å². The molecule has 1 rings (SSSR count). The van der Waals surface area contributed by atoms with Crippen molar-refractivity contribution < 1.29 is 19.1 Å². The van der Waals surface area contributed by atoms with Gasteiger partial charge in [-0.25, -0.2) is 0 Å². The summed E-state index contributed by atoms with van der Waals surface area (Å²) in [5.41, 5.74) is 0. The van der Waals surface area contributed by atoms with Gasteiger partial charge in [0, 0.05) is 25.6 Å². The van der Waals surface area contributed by atoms with Crippen LogP contribution in [0.25, 0.3) is 0 Å². The van der Waals surface area contributed by atoms with Crippen LogP contribution in [-0.2, 0) is 19.1 Å². The number of nitrogens with zero attached hydrogens (tertiary/aromatic N) is 1. The van der Waals surface area contributed by atoms with Gasteiger partial charge in [-0.05, 0) is 25.7 Å². The van der Waals surface area contributed by atoms with Crippen LogP contribution in [0.15, 0.2) is 0 Å². The molecule has 0 unspecified atom stereocenters. The standard InChI is InChI=1S/C16H28N2O4/c1-4-13(5-2)17-14(19)11-22-16(21)12-8-7-9-18(10-12)15(20)6-3/h12-13H,4-11H2,1-3H3,(H,17,19)/t12-/m0/s1. The van der Waals surface area contributed by atoms with E-state index in [1.165, 1.54) is 0 Å². The van der Waals surface area contributed by atoms with E-state index in [9.17, 15) is 14.4 Å². The maximum absolute atomic E-state index is 12.0. The van der Waals surface area contributed by atoms with Crippen LogP contribution in [0.5, 0.6) is 0 Å². The molecule has 1 fully saturated rings. The van der Waals surface area contributed by atoms with E-state index in [0.717, 1.165) is 19.3 Å². The molecule has 0 bridgehead atoms. The molecular formula is C16H28N2O4. The Morgan fingerprint density at radius 2 is 1.91 bits per heavy atom. The van der Waals surface area contributed by atoms with E-state index in [2.05, 4.69) is 5.32 Å². The molecule has 0 aliphatic carbocycles. The number of hydrogen-bond donors (Lipinski definition) is 1. The van der Waals surface area contributed by atoms with Gasteiger partial charge in [0.15, 0.2) is 6.61 Å². The molecule has 126 valence electrons. The molecule has 0 aromatic heterocycles. The molecule has 2 amide bonds. The Balaban J connectivity index is 2.38. The Kier molecular flexibility index (Phi) is 7.91. The molecule has 22 heavy (non-hydrogen) atoms. The number of likely N-dealkylation sites (tertiary alicyclic amines) is 1. The average Bonchev–Trinajstić information content (AvgIpc) is 2.56. The van der Waals surface area contributed by atoms with Gasteiger partial charge in [0.05, 0.1) is 5.92 Å². The molecule has 1 N–H and O–H groups in total. The largest absolute Gasteiger partial charge is 0.455 e. The minimum Gasteiger partial charge on any atom is -0.455 e. The number of carbonyl (C=O) groups is 3. The van der Waals surface area contributed by atoms with Crippen molar-refractivity contribution in [2.24, 2.45) is 5.92 Å². The Bertz CT molecular complexity index is 394. The fourth-order valence-electron chi connectivity index (χ4n) is 2.64. The first-order valence-electron chi connectivity index (χ1n) is 8.25. The van der Waals surface area contributed by atoms with Crippen molar-refractivity contribution in [3.8, 4) is 0 Å². The molecule has 0 spiro atoms. The number of amides is 2. The number of carbonyl (C=O) groups excluding carboxylic acids is 3. The minimum atomic E-state index is -0.381. The number of ether oxygens (including phenoxy) is 1. The fourth-order valence-corrected chi connectivity index (χ4v) is 2.64. The lowest BCUT2D eigenvalue weighted by molar-refractivity contribution is -0.155. The summed E-state index contributed by atoms with van der Waals surface area (Å²) in [5, 5.41) is 2.83. The van der Waals surface area contributed by atoms with E-state index < -0.39 is 0 Å². The van der Waals surface area contributed by atoms with Crippen molar-refractivity contribution >= 4 is 17.8 Å². The van der Waals surface area contributed by atoms with E-state index in [1.54, 1.807) is 4.90 Å². The summed E-state index contributed by atoms with van der Waals surface area (Å²) < 4.78 is 5.11. The predicted molar refractivity (Wildman–Crippen MR) is 83.1 cm³/mol. The normalized spacial score (nSPS) is 18.2. The van der Waals surface area contributed by atoms with Crippen LogP contribution < -0.4 is 5.32 Å². The fraction of sp³-hybridized carbons (Fsp3) is 0.812. The van der Waals surface area contributed by atoms with Crippen molar-refractivity contribution in [3.05, 3.63) is 0 Å². The zero-order valence-electron chi connectivity index (χ0n) is 13.9. The molecular weight excluding hydrogens is 284 g/mol. The van der Waals surface area contributed by atoms with E-state index in [4.69, 9.17) is 4.74 Å². The zero-order chi connectivity index (χ0) is 16.5. The van der Waals surface area contributed by atoms with Crippen LogP contribution in [0.1, 0.15) is 52.9 Å². The van der Waals surface area contributed by atoms with Gasteiger partial charge in [-0.1, -0.05) is 20.8 Å². The van der Waals surface area contributed by atoms with Crippen molar-refractivity contribution in [1.29, 1.82) is 0 Å². The topological polar surface area (TPSA) is 75.7 Å². The second-order valence-corrected chi connectivity index (χ2v) is 5.72. The first-order chi connectivity index (χ1) is 10.5. The highest BCUT2D eigenvalue weighted by Crippen LogP contribution is 2.18. The highest BCUT2D eigenvalue weighted by molar-refractivity contribution is 5.82. The minimum absolute atomic E-state index is 0.0592. The Hall–Kier alpha value is -1.59. The highest BCUT2D eigenvalue weighted by Gasteiger charge is 2.29. The Morgan fingerprint density at radius 1 is 1.23 bits per heavy atom. The van der Waals surface area contributed by atoms with Gasteiger partial charge in [-0.15, -0.1) is 0 Å². The van der Waals surface area contributed by atoms with Crippen LogP contribution in [0.3, 0.4) is 0 Å². The predicted octanol–water partition coefficient (Wildman–Crippen LogP) is 1.48. The van der Waals surface area contributed by atoms with E-state index in [1.807, 2.05) is 20.8 Å². The molecule has 6 heteroatoms. The number of esters is 1. The summed E-state index contributed by atoms with van der Waals surface area (Å²) in [6.07, 6.45) is 3.66. The summed E-state index contributed by atoms with van der Waals surface area (Å²) in [4.78, 5) is 37.2. The monoisotopic (exact) mass is 312 g/mol. The summed E-state index contributed by atoms with van der Waals surface area (Å²) in [5.74, 6) is -0.901. The van der Waals surface area contributed by atoms with Crippen molar-refractivity contribution in [3.63, 3.8) is 0 Å². The summed E-state index contributed by atoms with van der Waals surface area (Å²) in [6, 6.07) is 0.124. The van der Waals surface area contributed by atoms with Crippen LogP contribution in [0, 0.1) is 5.92 Å².